The molecule has 1 atom stereocenters. The van der Waals surface area contributed by atoms with Gasteiger partial charge in [0.05, 0.1) is 6.42 Å². The zero-order chi connectivity index (χ0) is 11.2. The smallest absolute Gasteiger partial charge is 0.304 e. The van der Waals surface area contributed by atoms with Crippen LogP contribution in [0.25, 0.3) is 0 Å². The highest BCUT2D eigenvalue weighted by molar-refractivity contribution is 8.01. The van der Waals surface area contributed by atoms with Gasteiger partial charge in [-0.05, 0) is 24.5 Å². The summed E-state index contributed by atoms with van der Waals surface area (Å²) < 4.78 is 0.210. The first kappa shape index (κ1) is 10.2. The molecule has 2 nitrogen and oxygen atoms in total. The molecule has 0 bridgehead atoms. The predicted octanol–water partition coefficient (Wildman–Crippen LogP) is 3.27. The Bertz CT molecular complexity index is 437. The third kappa shape index (κ3) is 1.38. The molecule has 1 N–H and O–H groups in total. The summed E-state index contributed by atoms with van der Waals surface area (Å²) in [5.74, 6) is -0.450. The molecule has 1 spiro atoms. The Kier molecular flexibility index (Phi) is 2.25. The number of fused-ring (bicyclic) bond motifs is 1. The van der Waals surface area contributed by atoms with Gasteiger partial charge in [-0.15, -0.1) is 11.8 Å². The first-order valence-corrected chi connectivity index (χ1v) is 6.53. The van der Waals surface area contributed by atoms with Gasteiger partial charge in [-0.2, -0.15) is 0 Å². The molecule has 1 aliphatic heterocycles. The highest BCUT2D eigenvalue weighted by Gasteiger charge is 2.51. The second-order valence-electron chi connectivity index (χ2n) is 4.71. The van der Waals surface area contributed by atoms with E-state index in [4.69, 9.17) is 5.11 Å². The molecule has 1 aromatic carbocycles. The fourth-order valence-electron chi connectivity index (χ4n) is 2.88. The molecule has 1 heterocycles. The number of hydrogen-bond donors (Lipinski definition) is 1. The number of thioether (sulfide) groups is 1. The van der Waals surface area contributed by atoms with Crippen LogP contribution in [0.2, 0.25) is 0 Å². The van der Waals surface area contributed by atoms with E-state index in [2.05, 4.69) is 12.1 Å². The van der Waals surface area contributed by atoms with E-state index in [0.717, 1.165) is 0 Å². The van der Waals surface area contributed by atoms with Crippen LogP contribution >= 0.6 is 11.8 Å². The van der Waals surface area contributed by atoms with E-state index in [1.807, 2.05) is 23.9 Å². The maximum Gasteiger partial charge on any atom is 0.304 e. The standard InChI is InChI=1S/C13H14O2S/c14-12(15)8-10-9-4-1-2-5-11(9)16-13(10)6-3-7-13/h1-2,4-5,10H,3,6-8H2,(H,14,15). The molecule has 0 aromatic heterocycles. The highest BCUT2D eigenvalue weighted by atomic mass is 32.2. The van der Waals surface area contributed by atoms with Crippen molar-refractivity contribution >= 4 is 17.7 Å². The summed E-state index contributed by atoms with van der Waals surface area (Å²) in [6, 6.07) is 8.29. The number of carbonyl (C=O) groups is 1. The van der Waals surface area contributed by atoms with E-state index in [0.29, 0.717) is 0 Å². The quantitative estimate of drug-likeness (QED) is 0.853. The lowest BCUT2D eigenvalue weighted by Crippen LogP contribution is -2.37. The van der Waals surface area contributed by atoms with E-state index in [1.165, 1.54) is 29.7 Å². The van der Waals surface area contributed by atoms with Gasteiger partial charge in [0.2, 0.25) is 0 Å². The molecule has 1 aromatic rings. The fraction of sp³-hybridized carbons (Fsp3) is 0.462. The van der Waals surface area contributed by atoms with Crippen LogP contribution in [-0.4, -0.2) is 15.8 Å². The molecule has 1 fully saturated rings. The van der Waals surface area contributed by atoms with Crippen molar-refractivity contribution < 1.29 is 9.90 Å². The van der Waals surface area contributed by atoms with E-state index >= 15 is 0 Å². The second-order valence-corrected chi connectivity index (χ2v) is 6.17. The lowest BCUT2D eigenvalue weighted by molar-refractivity contribution is -0.137. The van der Waals surface area contributed by atoms with Gasteiger partial charge in [0.1, 0.15) is 0 Å². The second kappa shape index (κ2) is 3.52. The van der Waals surface area contributed by atoms with Crippen LogP contribution < -0.4 is 0 Å². The predicted molar refractivity (Wildman–Crippen MR) is 63.9 cm³/mol. The van der Waals surface area contributed by atoms with Gasteiger partial charge in [0.15, 0.2) is 0 Å². The minimum atomic E-state index is -0.673. The molecule has 2 aliphatic rings. The zero-order valence-corrected chi connectivity index (χ0v) is 9.80. The average molecular weight is 234 g/mol. The van der Waals surface area contributed by atoms with Gasteiger partial charge >= 0.3 is 5.97 Å². The van der Waals surface area contributed by atoms with Crippen LogP contribution in [0.3, 0.4) is 0 Å². The van der Waals surface area contributed by atoms with Crippen molar-refractivity contribution in [2.45, 2.75) is 41.2 Å². The Morgan fingerprint density at radius 1 is 1.44 bits per heavy atom. The van der Waals surface area contributed by atoms with Gasteiger partial charge < -0.3 is 5.11 Å². The van der Waals surface area contributed by atoms with E-state index in [1.54, 1.807) is 0 Å². The molecule has 1 aliphatic carbocycles. The maximum absolute atomic E-state index is 11.0. The summed E-state index contributed by atoms with van der Waals surface area (Å²) in [4.78, 5) is 12.3. The minimum absolute atomic E-state index is 0.210. The first-order valence-electron chi connectivity index (χ1n) is 5.71. The van der Waals surface area contributed by atoms with Crippen molar-refractivity contribution in [2.75, 3.05) is 0 Å². The van der Waals surface area contributed by atoms with Crippen LogP contribution in [0, 0.1) is 0 Å². The summed E-state index contributed by atoms with van der Waals surface area (Å²) in [7, 11) is 0. The Hall–Kier alpha value is -0.960. The third-order valence-corrected chi connectivity index (χ3v) is 5.51. The number of carboxylic acids is 1. The average Bonchev–Trinajstić information content (AvgIpc) is 2.52. The number of carboxylic acid groups (broad SMARTS) is 1. The molecule has 1 unspecified atom stereocenters. The molecule has 0 amide bonds. The van der Waals surface area contributed by atoms with Crippen molar-refractivity contribution in [3.8, 4) is 0 Å². The summed E-state index contributed by atoms with van der Waals surface area (Å²) in [6.45, 7) is 0. The van der Waals surface area contributed by atoms with Crippen LogP contribution in [0.4, 0.5) is 0 Å². The fourth-order valence-corrected chi connectivity index (χ4v) is 4.64. The van der Waals surface area contributed by atoms with Crippen LogP contribution in [0.5, 0.6) is 0 Å². The van der Waals surface area contributed by atoms with Gasteiger partial charge in [-0.1, -0.05) is 24.6 Å². The molecule has 3 heteroatoms. The molecule has 0 saturated heterocycles. The number of aliphatic carboxylic acids is 1. The molecule has 1 saturated carbocycles. The minimum Gasteiger partial charge on any atom is -0.481 e. The summed E-state index contributed by atoms with van der Waals surface area (Å²) in [5.41, 5.74) is 1.26. The van der Waals surface area contributed by atoms with Gasteiger partial charge in [-0.25, -0.2) is 0 Å². The van der Waals surface area contributed by atoms with Gasteiger partial charge in [0.25, 0.3) is 0 Å². The summed E-state index contributed by atoms with van der Waals surface area (Å²) >= 11 is 1.91. The molecule has 0 radical (unpaired) electrons. The zero-order valence-electron chi connectivity index (χ0n) is 8.98. The molecular formula is C13H14O2S. The Morgan fingerprint density at radius 3 is 2.81 bits per heavy atom. The van der Waals surface area contributed by atoms with Crippen molar-refractivity contribution in [2.24, 2.45) is 0 Å². The number of hydrogen-bond acceptors (Lipinski definition) is 2. The monoisotopic (exact) mass is 234 g/mol. The van der Waals surface area contributed by atoms with Crippen LogP contribution in [0.1, 0.15) is 37.2 Å². The highest BCUT2D eigenvalue weighted by Crippen LogP contribution is 2.63. The molecule has 3 rings (SSSR count). The van der Waals surface area contributed by atoms with Gasteiger partial charge in [0, 0.05) is 15.6 Å². The lowest BCUT2D eigenvalue weighted by Gasteiger charge is -2.42. The Labute approximate surface area is 99.1 Å². The Balaban J connectivity index is 1.99. The van der Waals surface area contributed by atoms with Crippen molar-refractivity contribution in [3.63, 3.8) is 0 Å². The topological polar surface area (TPSA) is 37.3 Å². The molecule has 84 valence electrons. The summed E-state index contributed by atoms with van der Waals surface area (Å²) in [6.07, 6.45) is 3.87. The summed E-state index contributed by atoms with van der Waals surface area (Å²) in [5, 5.41) is 9.04. The number of rotatable bonds is 2. The van der Waals surface area contributed by atoms with E-state index in [9.17, 15) is 4.79 Å². The van der Waals surface area contributed by atoms with Crippen molar-refractivity contribution in [3.05, 3.63) is 29.8 Å². The van der Waals surface area contributed by atoms with Crippen molar-refractivity contribution in [1.29, 1.82) is 0 Å². The van der Waals surface area contributed by atoms with Crippen LogP contribution in [-0.2, 0) is 4.79 Å². The van der Waals surface area contributed by atoms with E-state index < -0.39 is 5.97 Å². The van der Waals surface area contributed by atoms with E-state index in [-0.39, 0.29) is 17.1 Å². The van der Waals surface area contributed by atoms with Gasteiger partial charge in [-0.3, -0.25) is 4.79 Å². The largest absolute Gasteiger partial charge is 0.481 e. The lowest BCUT2D eigenvalue weighted by atomic mass is 9.71. The first-order chi connectivity index (χ1) is 7.71. The maximum atomic E-state index is 11.0. The number of benzene rings is 1. The SMILES string of the molecule is O=C(O)CC1c2ccccc2SC12CCC2. The van der Waals surface area contributed by atoms with Crippen molar-refractivity contribution in [1.82, 2.24) is 0 Å². The Morgan fingerprint density at radius 2 is 2.19 bits per heavy atom. The third-order valence-electron chi connectivity index (χ3n) is 3.82. The molecular weight excluding hydrogens is 220 g/mol. The van der Waals surface area contributed by atoms with Crippen LogP contribution in [0.15, 0.2) is 29.2 Å². The molecule has 16 heavy (non-hydrogen) atoms. The normalized spacial score (nSPS) is 25.1.